The van der Waals surface area contributed by atoms with Crippen LogP contribution in [0.4, 0.5) is 0 Å². The fourth-order valence-electron chi connectivity index (χ4n) is 2.48. The zero-order valence-electron chi connectivity index (χ0n) is 11.5. The van der Waals surface area contributed by atoms with Crippen molar-refractivity contribution >= 4 is 29.0 Å². The van der Waals surface area contributed by atoms with E-state index >= 15 is 0 Å². The molecule has 0 amide bonds. The van der Waals surface area contributed by atoms with Crippen molar-refractivity contribution in [1.82, 2.24) is 4.90 Å². The molecule has 2 aromatic carbocycles. The summed E-state index contributed by atoms with van der Waals surface area (Å²) in [6.45, 7) is 3.00. The van der Waals surface area contributed by atoms with Crippen LogP contribution in [-0.4, -0.2) is 23.8 Å². The molecule has 1 aliphatic rings. The Morgan fingerprint density at radius 2 is 1.81 bits per heavy atom. The standard InChI is InChI=1S/C17H15Cl2NO/c18-13-6-7-16(19)15(10-13)17(21)14-5-2-1-4-12(14)11-20-8-3-9-20/h1-2,4-7,10H,3,8-9,11H2. The van der Waals surface area contributed by atoms with E-state index in [4.69, 9.17) is 23.2 Å². The number of nitrogens with zero attached hydrogens (tertiary/aromatic N) is 1. The number of halogens is 2. The molecule has 1 saturated heterocycles. The summed E-state index contributed by atoms with van der Waals surface area (Å²) in [5, 5.41) is 0.950. The second-order valence-electron chi connectivity index (χ2n) is 5.24. The van der Waals surface area contributed by atoms with Crippen molar-refractivity contribution in [2.45, 2.75) is 13.0 Å². The third-order valence-corrected chi connectivity index (χ3v) is 4.34. The summed E-state index contributed by atoms with van der Waals surface area (Å²) < 4.78 is 0. The van der Waals surface area contributed by atoms with Gasteiger partial charge in [-0.1, -0.05) is 47.5 Å². The third kappa shape index (κ3) is 3.13. The van der Waals surface area contributed by atoms with Gasteiger partial charge in [0, 0.05) is 22.7 Å². The highest BCUT2D eigenvalue weighted by Gasteiger charge is 2.20. The molecule has 4 heteroatoms. The van der Waals surface area contributed by atoms with Gasteiger partial charge < -0.3 is 0 Å². The molecule has 2 aromatic rings. The van der Waals surface area contributed by atoms with Crippen LogP contribution in [0, 0.1) is 0 Å². The minimum absolute atomic E-state index is 0.0707. The molecule has 0 aromatic heterocycles. The molecule has 0 unspecified atom stereocenters. The number of likely N-dealkylation sites (tertiary alicyclic amines) is 1. The first-order chi connectivity index (χ1) is 10.1. The molecule has 0 atom stereocenters. The molecule has 3 rings (SSSR count). The van der Waals surface area contributed by atoms with Crippen molar-refractivity contribution in [2.24, 2.45) is 0 Å². The van der Waals surface area contributed by atoms with Crippen LogP contribution in [0.2, 0.25) is 10.0 Å². The van der Waals surface area contributed by atoms with Gasteiger partial charge in [-0.2, -0.15) is 0 Å². The maximum absolute atomic E-state index is 12.8. The van der Waals surface area contributed by atoms with Crippen LogP contribution in [-0.2, 0) is 6.54 Å². The Morgan fingerprint density at radius 1 is 1.05 bits per heavy atom. The molecule has 108 valence electrons. The highest BCUT2D eigenvalue weighted by atomic mass is 35.5. The summed E-state index contributed by atoms with van der Waals surface area (Å²) in [5.74, 6) is -0.0707. The predicted molar refractivity (Wildman–Crippen MR) is 86.2 cm³/mol. The second kappa shape index (κ2) is 6.18. The number of rotatable bonds is 4. The van der Waals surface area contributed by atoms with Crippen LogP contribution in [0.1, 0.15) is 27.9 Å². The Hall–Kier alpha value is -1.35. The van der Waals surface area contributed by atoms with E-state index in [9.17, 15) is 4.79 Å². The largest absolute Gasteiger partial charge is 0.299 e. The van der Waals surface area contributed by atoms with Crippen LogP contribution in [0.3, 0.4) is 0 Å². The number of hydrogen-bond donors (Lipinski definition) is 0. The van der Waals surface area contributed by atoms with E-state index in [0.717, 1.165) is 25.2 Å². The molecular formula is C17H15Cl2NO. The molecule has 0 aliphatic carbocycles. The Bertz CT molecular complexity index is 680. The summed E-state index contributed by atoms with van der Waals surface area (Å²) in [6, 6.07) is 12.7. The minimum Gasteiger partial charge on any atom is -0.299 e. The summed E-state index contributed by atoms with van der Waals surface area (Å²) >= 11 is 12.1. The third-order valence-electron chi connectivity index (χ3n) is 3.78. The first-order valence-electron chi connectivity index (χ1n) is 6.95. The number of ketones is 1. The van der Waals surface area contributed by atoms with E-state index in [2.05, 4.69) is 4.90 Å². The van der Waals surface area contributed by atoms with Gasteiger partial charge in [-0.3, -0.25) is 9.69 Å². The fourth-order valence-corrected chi connectivity index (χ4v) is 2.85. The molecule has 1 aliphatic heterocycles. The molecule has 0 radical (unpaired) electrons. The second-order valence-corrected chi connectivity index (χ2v) is 6.08. The van der Waals surface area contributed by atoms with Crippen LogP contribution in [0.25, 0.3) is 0 Å². The fraction of sp³-hybridized carbons (Fsp3) is 0.235. The van der Waals surface area contributed by atoms with Crippen LogP contribution >= 0.6 is 23.2 Å². The van der Waals surface area contributed by atoms with Gasteiger partial charge in [0.05, 0.1) is 5.02 Å². The smallest absolute Gasteiger partial charge is 0.194 e. The highest BCUT2D eigenvalue weighted by molar-refractivity contribution is 6.36. The van der Waals surface area contributed by atoms with Crippen LogP contribution in [0.15, 0.2) is 42.5 Å². The number of carbonyl (C=O) groups excluding carboxylic acids is 1. The molecule has 2 nitrogen and oxygen atoms in total. The average Bonchev–Trinajstić information content (AvgIpc) is 2.45. The highest BCUT2D eigenvalue weighted by Crippen LogP contribution is 2.25. The van der Waals surface area contributed by atoms with Crippen molar-refractivity contribution in [1.29, 1.82) is 0 Å². The molecule has 0 saturated carbocycles. The van der Waals surface area contributed by atoms with Crippen molar-refractivity contribution in [3.63, 3.8) is 0 Å². The monoisotopic (exact) mass is 319 g/mol. The van der Waals surface area contributed by atoms with E-state index in [1.54, 1.807) is 18.2 Å². The van der Waals surface area contributed by atoms with Gasteiger partial charge in [0.15, 0.2) is 5.78 Å². The number of benzene rings is 2. The topological polar surface area (TPSA) is 20.3 Å². The van der Waals surface area contributed by atoms with Crippen molar-refractivity contribution < 1.29 is 4.79 Å². The van der Waals surface area contributed by atoms with Gasteiger partial charge in [0.2, 0.25) is 0 Å². The Labute approximate surface area is 134 Å². The molecule has 0 spiro atoms. The van der Waals surface area contributed by atoms with Crippen LogP contribution < -0.4 is 0 Å². The zero-order valence-corrected chi connectivity index (χ0v) is 13.0. The van der Waals surface area contributed by atoms with Gasteiger partial charge in [0.25, 0.3) is 0 Å². The maximum atomic E-state index is 12.8. The lowest BCUT2D eigenvalue weighted by molar-refractivity contribution is 0.103. The van der Waals surface area contributed by atoms with Gasteiger partial charge >= 0.3 is 0 Å². The number of hydrogen-bond acceptors (Lipinski definition) is 2. The predicted octanol–water partition coefficient (Wildman–Crippen LogP) is 4.43. The lowest BCUT2D eigenvalue weighted by Crippen LogP contribution is -2.36. The number of carbonyl (C=O) groups is 1. The van der Waals surface area contributed by atoms with Crippen molar-refractivity contribution in [3.8, 4) is 0 Å². The average molecular weight is 320 g/mol. The van der Waals surface area contributed by atoms with E-state index in [-0.39, 0.29) is 5.78 Å². The summed E-state index contributed by atoms with van der Waals surface area (Å²) in [7, 11) is 0. The van der Waals surface area contributed by atoms with Crippen LogP contribution in [0.5, 0.6) is 0 Å². The van der Waals surface area contributed by atoms with Crippen molar-refractivity contribution in [2.75, 3.05) is 13.1 Å². The lowest BCUT2D eigenvalue weighted by atomic mass is 9.97. The molecule has 21 heavy (non-hydrogen) atoms. The molecular weight excluding hydrogens is 305 g/mol. The summed E-state index contributed by atoms with van der Waals surface area (Å²) in [4.78, 5) is 15.1. The maximum Gasteiger partial charge on any atom is 0.194 e. The molecule has 0 bridgehead atoms. The zero-order chi connectivity index (χ0) is 14.8. The Kier molecular flexibility index (Phi) is 4.29. The van der Waals surface area contributed by atoms with E-state index in [1.807, 2.05) is 24.3 Å². The SMILES string of the molecule is O=C(c1cc(Cl)ccc1Cl)c1ccccc1CN1CCC1. The van der Waals surface area contributed by atoms with E-state index in [0.29, 0.717) is 21.2 Å². The first-order valence-corrected chi connectivity index (χ1v) is 7.71. The normalized spacial score (nSPS) is 14.8. The first kappa shape index (κ1) is 14.6. The summed E-state index contributed by atoms with van der Waals surface area (Å²) in [5.41, 5.74) is 2.20. The molecule has 0 N–H and O–H groups in total. The quantitative estimate of drug-likeness (QED) is 0.777. The van der Waals surface area contributed by atoms with Gasteiger partial charge in [-0.25, -0.2) is 0 Å². The minimum atomic E-state index is -0.0707. The Balaban J connectivity index is 1.95. The van der Waals surface area contributed by atoms with Gasteiger partial charge in [-0.15, -0.1) is 0 Å². The van der Waals surface area contributed by atoms with Crippen molar-refractivity contribution in [3.05, 3.63) is 69.2 Å². The lowest BCUT2D eigenvalue weighted by Gasteiger charge is -2.31. The summed E-state index contributed by atoms with van der Waals surface area (Å²) in [6.07, 6.45) is 1.23. The Morgan fingerprint density at radius 3 is 2.52 bits per heavy atom. The van der Waals surface area contributed by atoms with Gasteiger partial charge in [-0.05, 0) is 43.3 Å². The molecule has 1 fully saturated rings. The van der Waals surface area contributed by atoms with E-state index < -0.39 is 0 Å². The molecule has 1 heterocycles. The van der Waals surface area contributed by atoms with E-state index in [1.165, 1.54) is 6.42 Å². The van der Waals surface area contributed by atoms with Gasteiger partial charge in [0.1, 0.15) is 0 Å².